The predicted molar refractivity (Wildman–Crippen MR) is 73.8 cm³/mol. The highest BCUT2D eigenvalue weighted by Gasteiger charge is 2.17. The predicted octanol–water partition coefficient (Wildman–Crippen LogP) is 3.76. The minimum Gasteiger partial charge on any atom is -0.373 e. The number of ketones is 1. The van der Waals surface area contributed by atoms with E-state index in [1.54, 1.807) is 0 Å². The molecule has 0 amide bonds. The number of anilines is 1. The third-order valence-electron chi connectivity index (χ3n) is 2.65. The average molecular weight is 233 g/mol. The van der Waals surface area contributed by atoms with Crippen molar-refractivity contribution in [1.29, 1.82) is 0 Å². The summed E-state index contributed by atoms with van der Waals surface area (Å²) in [6.07, 6.45) is 0.556. The van der Waals surface area contributed by atoms with Crippen molar-refractivity contribution in [2.45, 2.75) is 34.1 Å². The molecule has 1 rings (SSSR count). The van der Waals surface area contributed by atoms with Gasteiger partial charge in [0.1, 0.15) is 0 Å². The van der Waals surface area contributed by atoms with E-state index in [2.05, 4.69) is 25.7 Å². The van der Waals surface area contributed by atoms with Gasteiger partial charge in [0.2, 0.25) is 0 Å². The van der Waals surface area contributed by atoms with Gasteiger partial charge in [-0.15, -0.1) is 0 Å². The molecule has 0 aromatic heterocycles. The Morgan fingerprint density at radius 2 is 1.82 bits per heavy atom. The van der Waals surface area contributed by atoms with E-state index in [9.17, 15) is 4.79 Å². The Hall–Kier alpha value is -1.31. The van der Waals surface area contributed by atoms with Crippen molar-refractivity contribution in [2.24, 2.45) is 5.41 Å². The number of benzene rings is 1. The summed E-state index contributed by atoms with van der Waals surface area (Å²) in [4.78, 5) is 14.0. The molecule has 0 radical (unpaired) electrons. The number of para-hydroxylation sites is 1. The second-order valence-electron chi connectivity index (χ2n) is 5.71. The van der Waals surface area contributed by atoms with Crippen molar-refractivity contribution in [3.05, 3.63) is 29.8 Å². The lowest BCUT2D eigenvalue weighted by atomic mass is 9.95. The molecule has 2 nitrogen and oxygen atoms in total. The number of Topliss-reactive ketones (excluding diaryl/α,β-unsaturated/α-hetero) is 1. The molecule has 1 aromatic rings. The minimum atomic E-state index is 0.210. The van der Waals surface area contributed by atoms with Gasteiger partial charge in [0.25, 0.3) is 0 Å². The maximum Gasteiger partial charge on any atom is 0.164 e. The third kappa shape index (κ3) is 3.88. The lowest BCUT2D eigenvalue weighted by Crippen LogP contribution is -2.30. The summed E-state index contributed by atoms with van der Waals surface area (Å²) in [6.45, 7) is 9.44. The first-order chi connectivity index (χ1) is 7.85. The zero-order chi connectivity index (χ0) is 13.1. The van der Waals surface area contributed by atoms with Gasteiger partial charge in [-0.1, -0.05) is 39.8 Å². The van der Waals surface area contributed by atoms with Crippen molar-refractivity contribution < 1.29 is 4.79 Å². The van der Waals surface area contributed by atoms with E-state index in [-0.39, 0.29) is 11.2 Å². The fourth-order valence-corrected chi connectivity index (χ4v) is 2.03. The van der Waals surface area contributed by atoms with Crippen LogP contribution in [0.1, 0.15) is 44.5 Å². The molecule has 17 heavy (non-hydrogen) atoms. The largest absolute Gasteiger partial charge is 0.373 e. The normalized spacial score (nSPS) is 11.4. The summed E-state index contributed by atoms with van der Waals surface area (Å²) >= 11 is 0. The highest BCUT2D eigenvalue weighted by Crippen LogP contribution is 2.24. The van der Waals surface area contributed by atoms with Crippen LogP contribution in [0, 0.1) is 5.41 Å². The Morgan fingerprint density at radius 3 is 2.35 bits per heavy atom. The van der Waals surface area contributed by atoms with E-state index in [1.165, 1.54) is 0 Å². The maximum atomic E-state index is 11.9. The van der Waals surface area contributed by atoms with E-state index >= 15 is 0 Å². The van der Waals surface area contributed by atoms with Crippen molar-refractivity contribution in [3.63, 3.8) is 0 Å². The van der Waals surface area contributed by atoms with Gasteiger partial charge in [0.15, 0.2) is 5.78 Å². The number of rotatable bonds is 4. The van der Waals surface area contributed by atoms with Crippen LogP contribution in [0.3, 0.4) is 0 Å². The van der Waals surface area contributed by atoms with Crippen LogP contribution < -0.4 is 4.90 Å². The maximum absolute atomic E-state index is 11.9. The SMILES string of the molecule is CCC(=O)c1ccccc1N(C)CC(C)(C)C. The van der Waals surface area contributed by atoms with Gasteiger partial charge < -0.3 is 4.90 Å². The van der Waals surface area contributed by atoms with Gasteiger partial charge in [-0.05, 0) is 17.5 Å². The van der Waals surface area contributed by atoms with Crippen LogP contribution in [0.5, 0.6) is 0 Å². The third-order valence-corrected chi connectivity index (χ3v) is 2.65. The van der Waals surface area contributed by atoms with Crippen LogP contribution in [0.15, 0.2) is 24.3 Å². The lowest BCUT2D eigenvalue weighted by Gasteiger charge is -2.29. The van der Waals surface area contributed by atoms with Crippen LogP contribution in [0.2, 0.25) is 0 Å². The zero-order valence-electron chi connectivity index (χ0n) is 11.6. The lowest BCUT2D eigenvalue weighted by molar-refractivity contribution is 0.0988. The molecule has 0 heterocycles. The van der Waals surface area contributed by atoms with E-state index in [0.717, 1.165) is 17.8 Å². The molecule has 0 saturated heterocycles. The molecule has 0 bridgehead atoms. The summed E-state index contributed by atoms with van der Waals surface area (Å²) in [5.74, 6) is 0.210. The molecular weight excluding hydrogens is 210 g/mol. The van der Waals surface area contributed by atoms with Crippen LogP contribution in [0.4, 0.5) is 5.69 Å². The minimum absolute atomic E-state index is 0.210. The van der Waals surface area contributed by atoms with E-state index < -0.39 is 0 Å². The number of hydrogen-bond acceptors (Lipinski definition) is 2. The summed E-state index contributed by atoms with van der Waals surface area (Å²) in [6, 6.07) is 7.85. The molecule has 0 fully saturated rings. The summed E-state index contributed by atoms with van der Waals surface area (Å²) < 4.78 is 0. The van der Waals surface area contributed by atoms with Crippen molar-refractivity contribution >= 4 is 11.5 Å². The molecule has 94 valence electrons. The first kappa shape index (κ1) is 13.8. The van der Waals surface area contributed by atoms with Crippen molar-refractivity contribution in [2.75, 3.05) is 18.5 Å². The summed E-state index contributed by atoms with van der Waals surface area (Å²) in [7, 11) is 2.05. The second kappa shape index (κ2) is 5.35. The fraction of sp³-hybridized carbons (Fsp3) is 0.533. The quantitative estimate of drug-likeness (QED) is 0.738. The molecule has 0 saturated carbocycles. The van der Waals surface area contributed by atoms with Gasteiger partial charge in [0, 0.05) is 31.3 Å². The van der Waals surface area contributed by atoms with Crippen molar-refractivity contribution in [1.82, 2.24) is 0 Å². The first-order valence-corrected chi connectivity index (χ1v) is 6.18. The number of nitrogens with zero attached hydrogens (tertiary/aromatic N) is 1. The molecular formula is C15H23NO. The molecule has 0 aliphatic rings. The van der Waals surface area contributed by atoms with Gasteiger partial charge in [-0.3, -0.25) is 4.79 Å². The number of carbonyl (C=O) groups excluding carboxylic acids is 1. The monoisotopic (exact) mass is 233 g/mol. The van der Waals surface area contributed by atoms with Gasteiger partial charge in [-0.25, -0.2) is 0 Å². The Balaban J connectivity index is 3.01. The van der Waals surface area contributed by atoms with Crippen LogP contribution in [-0.4, -0.2) is 19.4 Å². The Bertz CT molecular complexity index is 390. The van der Waals surface area contributed by atoms with Crippen LogP contribution >= 0.6 is 0 Å². The number of hydrogen-bond donors (Lipinski definition) is 0. The first-order valence-electron chi connectivity index (χ1n) is 6.18. The number of carbonyl (C=O) groups is 1. The average Bonchev–Trinajstić information content (AvgIpc) is 2.25. The molecule has 0 atom stereocenters. The molecule has 0 unspecified atom stereocenters. The second-order valence-corrected chi connectivity index (χ2v) is 5.71. The molecule has 0 spiro atoms. The summed E-state index contributed by atoms with van der Waals surface area (Å²) in [5, 5.41) is 0. The summed E-state index contributed by atoms with van der Waals surface area (Å²) in [5.41, 5.74) is 2.09. The Kier molecular flexibility index (Phi) is 4.33. The van der Waals surface area contributed by atoms with Crippen LogP contribution in [-0.2, 0) is 0 Å². The van der Waals surface area contributed by atoms with Gasteiger partial charge in [0.05, 0.1) is 0 Å². The molecule has 0 aliphatic heterocycles. The fourth-order valence-electron chi connectivity index (χ4n) is 2.03. The van der Waals surface area contributed by atoms with E-state index in [4.69, 9.17) is 0 Å². The molecule has 2 heteroatoms. The smallest absolute Gasteiger partial charge is 0.164 e. The zero-order valence-corrected chi connectivity index (χ0v) is 11.6. The van der Waals surface area contributed by atoms with Gasteiger partial charge in [-0.2, -0.15) is 0 Å². The topological polar surface area (TPSA) is 20.3 Å². The Morgan fingerprint density at radius 1 is 1.24 bits per heavy atom. The molecule has 0 N–H and O–H groups in total. The highest BCUT2D eigenvalue weighted by molar-refractivity contribution is 6.01. The van der Waals surface area contributed by atoms with E-state index in [0.29, 0.717) is 6.42 Å². The highest BCUT2D eigenvalue weighted by atomic mass is 16.1. The molecule has 1 aromatic carbocycles. The van der Waals surface area contributed by atoms with E-state index in [1.807, 2.05) is 38.2 Å². The van der Waals surface area contributed by atoms with Crippen LogP contribution in [0.25, 0.3) is 0 Å². The Labute approximate surface area is 105 Å². The van der Waals surface area contributed by atoms with Crippen molar-refractivity contribution in [3.8, 4) is 0 Å². The standard InChI is InChI=1S/C15H23NO/c1-6-14(17)12-9-7-8-10-13(12)16(5)11-15(2,3)4/h7-10H,6,11H2,1-5H3. The van der Waals surface area contributed by atoms with Gasteiger partial charge >= 0.3 is 0 Å². The molecule has 0 aliphatic carbocycles.